The number of carbonyl (C=O) groups excluding carboxylic acids is 1. The predicted molar refractivity (Wildman–Crippen MR) is 65.9 cm³/mol. The second-order valence-corrected chi connectivity index (χ2v) is 4.18. The Morgan fingerprint density at radius 3 is 2.88 bits per heavy atom. The fourth-order valence-electron chi connectivity index (χ4n) is 1.25. The third kappa shape index (κ3) is 2.85. The molecular formula is C11H10INO3. The monoisotopic (exact) mass is 331 g/mol. The predicted octanol–water partition coefficient (Wildman–Crippen LogP) is 1.97. The number of hydrogen-bond acceptors (Lipinski definition) is 4. The molecule has 1 aromatic carbocycles. The van der Waals surface area contributed by atoms with Gasteiger partial charge in [-0.2, -0.15) is 5.26 Å². The molecule has 0 aromatic heterocycles. The maximum absolute atomic E-state index is 11.3. The zero-order valence-corrected chi connectivity index (χ0v) is 10.8. The summed E-state index contributed by atoms with van der Waals surface area (Å²) in [4.78, 5) is 11.3. The highest BCUT2D eigenvalue weighted by molar-refractivity contribution is 14.1. The molecule has 0 fully saturated rings. The van der Waals surface area contributed by atoms with Crippen molar-refractivity contribution >= 4 is 28.6 Å². The zero-order valence-electron chi connectivity index (χ0n) is 8.66. The Kier molecular flexibility index (Phi) is 4.55. The average Bonchev–Trinajstić information content (AvgIpc) is 2.25. The van der Waals surface area contributed by atoms with E-state index in [4.69, 9.17) is 10.00 Å². The number of rotatable bonds is 3. The van der Waals surface area contributed by atoms with Crippen molar-refractivity contribution in [1.82, 2.24) is 0 Å². The topological polar surface area (TPSA) is 70.3 Å². The van der Waals surface area contributed by atoms with E-state index in [-0.39, 0.29) is 18.8 Å². The van der Waals surface area contributed by atoms with Gasteiger partial charge in [-0.15, -0.1) is 0 Å². The molecule has 1 N–H and O–H groups in total. The third-order valence-corrected chi connectivity index (χ3v) is 2.85. The number of halogens is 1. The Labute approximate surface area is 107 Å². The van der Waals surface area contributed by atoms with Gasteiger partial charge in [0, 0.05) is 5.56 Å². The summed E-state index contributed by atoms with van der Waals surface area (Å²) in [5.74, 6) is -0.469. The van der Waals surface area contributed by atoms with Crippen LogP contribution in [0.2, 0.25) is 0 Å². The lowest BCUT2D eigenvalue weighted by Crippen LogP contribution is -2.09. The van der Waals surface area contributed by atoms with E-state index in [0.717, 1.165) is 0 Å². The molecule has 0 aliphatic carbocycles. The smallest absolute Gasteiger partial charge is 0.310 e. The molecule has 0 saturated carbocycles. The van der Waals surface area contributed by atoms with Gasteiger partial charge >= 0.3 is 5.97 Å². The molecule has 0 spiro atoms. The highest BCUT2D eigenvalue weighted by Crippen LogP contribution is 2.27. The first-order chi connectivity index (χ1) is 7.60. The highest BCUT2D eigenvalue weighted by atomic mass is 127. The molecule has 0 bridgehead atoms. The molecule has 0 saturated heterocycles. The van der Waals surface area contributed by atoms with E-state index in [1.807, 2.05) is 28.7 Å². The van der Waals surface area contributed by atoms with Crippen LogP contribution in [0, 0.1) is 14.9 Å². The second-order valence-electron chi connectivity index (χ2n) is 3.02. The second kappa shape index (κ2) is 5.70. The molecule has 0 unspecified atom stereocenters. The summed E-state index contributed by atoms with van der Waals surface area (Å²) >= 11 is 1.94. The van der Waals surface area contributed by atoms with Gasteiger partial charge in [-0.05, 0) is 41.6 Å². The number of phenolic OH excluding ortho intramolecular Hbond substituents is 1. The van der Waals surface area contributed by atoms with E-state index >= 15 is 0 Å². The molecule has 0 atom stereocenters. The number of aromatic hydroxyl groups is 1. The van der Waals surface area contributed by atoms with Crippen molar-refractivity contribution in [1.29, 1.82) is 5.26 Å². The minimum absolute atomic E-state index is 0.0206. The van der Waals surface area contributed by atoms with Crippen molar-refractivity contribution in [2.75, 3.05) is 6.61 Å². The molecule has 0 aliphatic heterocycles. The van der Waals surface area contributed by atoms with Gasteiger partial charge in [0.1, 0.15) is 5.75 Å². The van der Waals surface area contributed by atoms with Crippen molar-refractivity contribution in [3.05, 3.63) is 26.8 Å². The van der Waals surface area contributed by atoms with Crippen molar-refractivity contribution in [2.24, 2.45) is 0 Å². The van der Waals surface area contributed by atoms with Gasteiger partial charge in [-0.25, -0.2) is 0 Å². The fourth-order valence-corrected chi connectivity index (χ4v) is 1.75. The number of hydrogen-bond donors (Lipinski definition) is 1. The first-order valence-electron chi connectivity index (χ1n) is 4.66. The van der Waals surface area contributed by atoms with Gasteiger partial charge in [-0.3, -0.25) is 4.79 Å². The number of benzene rings is 1. The van der Waals surface area contributed by atoms with Gasteiger partial charge in [0.25, 0.3) is 0 Å². The molecule has 1 rings (SSSR count). The Balaban J connectivity index is 3.07. The van der Waals surface area contributed by atoms with E-state index in [2.05, 4.69) is 0 Å². The Bertz CT molecular complexity index is 451. The first-order valence-corrected chi connectivity index (χ1v) is 5.74. The van der Waals surface area contributed by atoms with Gasteiger partial charge < -0.3 is 9.84 Å². The molecule has 0 aliphatic rings. The molecule has 84 valence electrons. The molecule has 4 nitrogen and oxygen atoms in total. The van der Waals surface area contributed by atoms with E-state index in [9.17, 15) is 9.90 Å². The minimum Gasteiger partial charge on any atom is -0.506 e. The molecule has 0 radical (unpaired) electrons. The molecule has 0 amide bonds. The summed E-state index contributed by atoms with van der Waals surface area (Å²) in [6, 6.07) is 5.15. The molecular weight excluding hydrogens is 321 g/mol. The van der Waals surface area contributed by atoms with Crippen LogP contribution in [0.1, 0.15) is 18.1 Å². The van der Waals surface area contributed by atoms with Gasteiger partial charge in [0.2, 0.25) is 0 Å². The third-order valence-electron chi connectivity index (χ3n) is 1.98. The molecule has 0 heterocycles. The summed E-state index contributed by atoms with van der Waals surface area (Å²) in [5, 5.41) is 18.6. The normalized spacial score (nSPS) is 9.56. The lowest BCUT2D eigenvalue weighted by Gasteiger charge is -2.07. The van der Waals surface area contributed by atoms with E-state index < -0.39 is 5.97 Å². The quantitative estimate of drug-likeness (QED) is 0.679. The molecule has 16 heavy (non-hydrogen) atoms. The number of nitriles is 1. The number of carbonyl (C=O) groups is 1. The van der Waals surface area contributed by atoms with Crippen LogP contribution in [0.15, 0.2) is 12.1 Å². The average molecular weight is 331 g/mol. The first kappa shape index (κ1) is 12.8. The number of nitrogens with zero attached hydrogens (tertiary/aromatic N) is 1. The Hall–Kier alpha value is -1.29. The molecule has 1 aromatic rings. The van der Waals surface area contributed by atoms with Crippen LogP contribution in [0.4, 0.5) is 0 Å². The van der Waals surface area contributed by atoms with E-state index in [1.165, 1.54) is 0 Å². The Morgan fingerprint density at radius 1 is 1.62 bits per heavy atom. The van der Waals surface area contributed by atoms with Crippen LogP contribution < -0.4 is 0 Å². The maximum Gasteiger partial charge on any atom is 0.310 e. The van der Waals surface area contributed by atoms with Gasteiger partial charge in [-0.1, -0.05) is 0 Å². The number of phenols is 1. The van der Waals surface area contributed by atoms with Crippen LogP contribution in [-0.2, 0) is 16.0 Å². The van der Waals surface area contributed by atoms with Crippen LogP contribution in [0.3, 0.4) is 0 Å². The van der Waals surface area contributed by atoms with E-state index in [1.54, 1.807) is 19.1 Å². The number of esters is 1. The zero-order chi connectivity index (χ0) is 12.1. The van der Waals surface area contributed by atoms with Crippen LogP contribution >= 0.6 is 22.6 Å². The summed E-state index contributed by atoms with van der Waals surface area (Å²) < 4.78 is 5.39. The van der Waals surface area contributed by atoms with Crippen molar-refractivity contribution in [3.8, 4) is 11.8 Å². The maximum atomic E-state index is 11.3. The summed E-state index contributed by atoms with van der Waals surface area (Å²) in [7, 11) is 0. The van der Waals surface area contributed by atoms with E-state index in [0.29, 0.717) is 14.7 Å². The molecule has 5 heteroatoms. The van der Waals surface area contributed by atoms with Crippen molar-refractivity contribution in [2.45, 2.75) is 13.3 Å². The summed E-state index contributed by atoms with van der Waals surface area (Å²) in [5.41, 5.74) is 0.624. The van der Waals surface area contributed by atoms with Crippen LogP contribution in [0.5, 0.6) is 5.75 Å². The van der Waals surface area contributed by atoms with Crippen molar-refractivity contribution in [3.63, 3.8) is 0 Å². The number of ether oxygens (including phenoxy) is 1. The van der Waals surface area contributed by atoms with Crippen molar-refractivity contribution < 1.29 is 14.6 Å². The standard InChI is InChI=1S/C11H10INO3/c1-2-16-10(14)5-8-7(6-13)3-4-9(12)11(8)15/h3-4,15H,2,5H2,1H3. The van der Waals surface area contributed by atoms with Crippen LogP contribution in [0.25, 0.3) is 0 Å². The SMILES string of the molecule is CCOC(=O)Cc1c(C#N)ccc(I)c1O. The van der Waals surface area contributed by atoms with Gasteiger partial charge in [0.15, 0.2) is 0 Å². The summed E-state index contributed by atoms with van der Waals surface area (Å²) in [6.45, 7) is 1.99. The minimum atomic E-state index is -0.448. The fraction of sp³-hybridized carbons (Fsp3) is 0.273. The lowest BCUT2D eigenvalue weighted by atomic mass is 10.0. The largest absolute Gasteiger partial charge is 0.506 e. The summed E-state index contributed by atoms with van der Waals surface area (Å²) in [6.07, 6.45) is -0.0839. The van der Waals surface area contributed by atoms with Crippen LogP contribution in [-0.4, -0.2) is 17.7 Å². The lowest BCUT2D eigenvalue weighted by molar-refractivity contribution is -0.142. The Morgan fingerprint density at radius 2 is 2.31 bits per heavy atom. The highest BCUT2D eigenvalue weighted by Gasteiger charge is 2.15. The van der Waals surface area contributed by atoms with Gasteiger partial charge in [0.05, 0.1) is 28.2 Å².